The van der Waals surface area contributed by atoms with Crippen LogP contribution in [0.1, 0.15) is 58.8 Å². The third kappa shape index (κ3) is 1.97. The Labute approximate surface area is 146 Å². The Hall–Kier alpha value is -1.36. The normalized spacial score (nSPS) is 50.1. The standard InChI is InChI=1S/C22H29NO/c1-4-14-11-15-12-16(24)5-6-17(15)18-7-10-22(3)19(20(14)18)8-9-21(22,2)13-23/h4,12,14,17-20H,1,5-11H2,2-3H3/t14?,17-,18+,19-,20+,21+,22-/m0/s1. The fourth-order valence-electron chi connectivity index (χ4n) is 6.98. The molecule has 3 fully saturated rings. The summed E-state index contributed by atoms with van der Waals surface area (Å²) in [4.78, 5) is 11.9. The molecule has 1 unspecified atom stereocenters. The molecule has 0 amide bonds. The molecule has 0 radical (unpaired) electrons. The minimum Gasteiger partial charge on any atom is -0.295 e. The number of hydrogen-bond acceptors (Lipinski definition) is 2. The smallest absolute Gasteiger partial charge is 0.155 e. The van der Waals surface area contributed by atoms with E-state index >= 15 is 0 Å². The number of allylic oxidation sites excluding steroid dienone is 2. The van der Waals surface area contributed by atoms with Crippen molar-refractivity contribution in [3.05, 3.63) is 24.3 Å². The van der Waals surface area contributed by atoms with Crippen LogP contribution in [0.3, 0.4) is 0 Å². The zero-order chi connectivity index (χ0) is 17.1. The summed E-state index contributed by atoms with van der Waals surface area (Å²) in [5, 5.41) is 9.85. The van der Waals surface area contributed by atoms with Gasteiger partial charge in [-0.3, -0.25) is 4.79 Å². The van der Waals surface area contributed by atoms with Crippen LogP contribution in [0.25, 0.3) is 0 Å². The highest BCUT2D eigenvalue weighted by atomic mass is 16.1. The number of nitriles is 1. The van der Waals surface area contributed by atoms with E-state index in [9.17, 15) is 10.1 Å². The molecule has 0 heterocycles. The Morgan fingerprint density at radius 3 is 2.79 bits per heavy atom. The summed E-state index contributed by atoms with van der Waals surface area (Å²) in [7, 11) is 0. The first-order valence-corrected chi connectivity index (χ1v) is 9.70. The van der Waals surface area contributed by atoms with Crippen LogP contribution < -0.4 is 0 Å². The third-order valence-electron chi connectivity index (χ3n) is 8.55. The second-order valence-electron chi connectivity index (χ2n) is 9.22. The van der Waals surface area contributed by atoms with Gasteiger partial charge in [-0.05, 0) is 86.5 Å². The van der Waals surface area contributed by atoms with E-state index in [2.05, 4.69) is 32.6 Å². The molecule has 0 aromatic rings. The molecule has 0 aliphatic heterocycles. The average Bonchev–Trinajstić information content (AvgIpc) is 2.85. The van der Waals surface area contributed by atoms with Gasteiger partial charge in [0.2, 0.25) is 0 Å². The first-order valence-electron chi connectivity index (χ1n) is 9.70. The largest absolute Gasteiger partial charge is 0.295 e. The van der Waals surface area contributed by atoms with Gasteiger partial charge < -0.3 is 0 Å². The summed E-state index contributed by atoms with van der Waals surface area (Å²) in [6.45, 7) is 8.74. The van der Waals surface area contributed by atoms with Gasteiger partial charge in [-0.15, -0.1) is 6.58 Å². The van der Waals surface area contributed by atoms with Gasteiger partial charge in [0.05, 0.1) is 11.5 Å². The van der Waals surface area contributed by atoms with E-state index in [4.69, 9.17) is 0 Å². The summed E-state index contributed by atoms with van der Waals surface area (Å²) in [5.41, 5.74) is 1.38. The summed E-state index contributed by atoms with van der Waals surface area (Å²) < 4.78 is 0. The molecule has 0 bridgehead atoms. The molecule has 128 valence electrons. The SMILES string of the molecule is C=CC1CC2=CC(=O)CC[C@@H]2[C@H]2CC[C@@]3(C)[C@@H](CC[C@]3(C)C#N)[C@H]12. The topological polar surface area (TPSA) is 40.9 Å². The molecule has 0 saturated heterocycles. The van der Waals surface area contributed by atoms with E-state index < -0.39 is 0 Å². The lowest BCUT2D eigenvalue weighted by Gasteiger charge is -2.57. The van der Waals surface area contributed by atoms with E-state index in [0.717, 1.165) is 25.7 Å². The quantitative estimate of drug-likeness (QED) is 0.632. The number of ketones is 1. The highest BCUT2D eigenvalue weighted by molar-refractivity contribution is 5.91. The lowest BCUT2D eigenvalue weighted by Crippen LogP contribution is -2.51. The van der Waals surface area contributed by atoms with E-state index in [1.165, 1.54) is 24.8 Å². The van der Waals surface area contributed by atoms with Crippen LogP contribution in [0.2, 0.25) is 0 Å². The molecule has 0 N–H and O–H groups in total. The van der Waals surface area contributed by atoms with Crippen LogP contribution in [0.4, 0.5) is 0 Å². The molecule has 4 aliphatic carbocycles. The zero-order valence-electron chi connectivity index (χ0n) is 15.1. The van der Waals surface area contributed by atoms with E-state index in [0.29, 0.717) is 35.4 Å². The van der Waals surface area contributed by atoms with Gasteiger partial charge >= 0.3 is 0 Å². The number of rotatable bonds is 1. The summed E-state index contributed by atoms with van der Waals surface area (Å²) in [6, 6.07) is 2.69. The lowest BCUT2D eigenvalue weighted by atomic mass is 9.47. The van der Waals surface area contributed by atoms with Gasteiger partial charge in [-0.2, -0.15) is 5.26 Å². The number of fused-ring (bicyclic) bond motifs is 5. The van der Waals surface area contributed by atoms with Crippen LogP contribution in [0.5, 0.6) is 0 Å². The molecule has 7 atom stereocenters. The Morgan fingerprint density at radius 1 is 1.29 bits per heavy atom. The van der Waals surface area contributed by atoms with Crippen molar-refractivity contribution in [2.75, 3.05) is 0 Å². The van der Waals surface area contributed by atoms with Gasteiger partial charge in [-0.1, -0.05) is 18.6 Å². The summed E-state index contributed by atoms with van der Waals surface area (Å²) >= 11 is 0. The molecule has 2 heteroatoms. The second kappa shape index (κ2) is 5.32. The zero-order valence-corrected chi connectivity index (χ0v) is 15.1. The predicted octanol–water partition coefficient (Wildman–Crippen LogP) is 5.07. The van der Waals surface area contributed by atoms with Crippen molar-refractivity contribution >= 4 is 5.78 Å². The molecule has 4 rings (SSSR count). The first kappa shape index (κ1) is 16.1. The Bertz CT molecular complexity index is 655. The van der Waals surface area contributed by atoms with Crippen molar-refractivity contribution in [3.8, 4) is 6.07 Å². The van der Waals surface area contributed by atoms with Crippen molar-refractivity contribution in [2.24, 2.45) is 40.4 Å². The van der Waals surface area contributed by atoms with Gasteiger partial charge in [-0.25, -0.2) is 0 Å². The fourth-order valence-corrected chi connectivity index (χ4v) is 6.98. The highest BCUT2D eigenvalue weighted by Crippen LogP contribution is 2.68. The molecule has 2 nitrogen and oxygen atoms in total. The summed E-state index contributed by atoms with van der Waals surface area (Å²) in [6.07, 6.45) is 11.5. The molecule has 4 aliphatic rings. The minimum absolute atomic E-state index is 0.149. The molecule has 24 heavy (non-hydrogen) atoms. The maximum Gasteiger partial charge on any atom is 0.155 e. The van der Waals surface area contributed by atoms with Crippen molar-refractivity contribution < 1.29 is 4.79 Å². The van der Waals surface area contributed by atoms with Crippen molar-refractivity contribution in [2.45, 2.75) is 58.8 Å². The van der Waals surface area contributed by atoms with Crippen LogP contribution in [0, 0.1) is 51.8 Å². The van der Waals surface area contributed by atoms with Gasteiger partial charge in [0.25, 0.3) is 0 Å². The fraction of sp³-hybridized carbons (Fsp3) is 0.727. The number of carbonyl (C=O) groups is 1. The highest BCUT2D eigenvalue weighted by Gasteiger charge is 2.62. The van der Waals surface area contributed by atoms with Crippen LogP contribution in [-0.2, 0) is 4.79 Å². The first-order chi connectivity index (χ1) is 11.4. The maximum atomic E-state index is 11.9. The Kier molecular flexibility index (Phi) is 3.57. The van der Waals surface area contributed by atoms with Gasteiger partial charge in [0, 0.05) is 6.42 Å². The van der Waals surface area contributed by atoms with Crippen molar-refractivity contribution in [3.63, 3.8) is 0 Å². The molecule has 0 aromatic carbocycles. The van der Waals surface area contributed by atoms with Crippen molar-refractivity contribution in [1.29, 1.82) is 5.26 Å². The molecular formula is C22H29NO. The van der Waals surface area contributed by atoms with E-state index in [-0.39, 0.29) is 10.8 Å². The van der Waals surface area contributed by atoms with Gasteiger partial charge in [0.1, 0.15) is 0 Å². The average molecular weight is 323 g/mol. The molecule has 0 spiro atoms. The molecule has 0 aromatic heterocycles. The number of nitrogens with zero attached hydrogens (tertiary/aromatic N) is 1. The molecule has 3 saturated carbocycles. The Balaban J connectivity index is 1.73. The Morgan fingerprint density at radius 2 is 2.08 bits per heavy atom. The molecular weight excluding hydrogens is 294 g/mol. The monoisotopic (exact) mass is 323 g/mol. The predicted molar refractivity (Wildman–Crippen MR) is 94.9 cm³/mol. The maximum absolute atomic E-state index is 11.9. The van der Waals surface area contributed by atoms with Crippen LogP contribution in [0.15, 0.2) is 24.3 Å². The third-order valence-corrected chi connectivity index (χ3v) is 8.55. The van der Waals surface area contributed by atoms with E-state index in [1.54, 1.807) is 0 Å². The number of hydrogen-bond donors (Lipinski definition) is 0. The van der Waals surface area contributed by atoms with Gasteiger partial charge in [0.15, 0.2) is 5.78 Å². The number of carbonyl (C=O) groups excluding carboxylic acids is 1. The second-order valence-corrected chi connectivity index (χ2v) is 9.22. The van der Waals surface area contributed by atoms with Crippen LogP contribution in [-0.4, -0.2) is 5.78 Å². The summed E-state index contributed by atoms with van der Waals surface area (Å²) in [5.74, 6) is 3.41. The minimum atomic E-state index is -0.174. The van der Waals surface area contributed by atoms with Crippen LogP contribution >= 0.6 is 0 Å². The van der Waals surface area contributed by atoms with Crippen molar-refractivity contribution in [1.82, 2.24) is 0 Å². The lowest BCUT2D eigenvalue weighted by molar-refractivity contribution is -0.116. The van der Waals surface area contributed by atoms with E-state index in [1.807, 2.05) is 6.08 Å².